The van der Waals surface area contributed by atoms with Crippen molar-refractivity contribution in [2.75, 3.05) is 0 Å². The number of rotatable bonds is 0. The van der Waals surface area contributed by atoms with Gasteiger partial charge in [0.2, 0.25) is 0 Å². The third-order valence-corrected chi connectivity index (χ3v) is 0.537. The highest BCUT2D eigenvalue weighted by atomic mass is 14.7. The van der Waals surface area contributed by atoms with Crippen LogP contribution < -0.4 is 0 Å². The molecule has 1 heterocycles. The zero-order valence-electron chi connectivity index (χ0n) is 3.70. The fraction of sp³-hybridized carbons (Fsp3) is 0. The van der Waals surface area contributed by atoms with Crippen molar-refractivity contribution in [2.45, 2.75) is 0 Å². The summed E-state index contributed by atoms with van der Waals surface area (Å²) in [7, 11) is 0. The second kappa shape index (κ2) is 2.11. The van der Waals surface area contributed by atoms with E-state index < -0.39 is 0 Å². The van der Waals surface area contributed by atoms with Gasteiger partial charge in [0.05, 0.1) is 12.4 Å². The van der Waals surface area contributed by atoms with Crippen LogP contribution in [0.15, 0.2) is 28.1 Å². The predicted molar refractivity (Wildman–Crippen MR) is 29.6 cm³/mol. The van der Waals surface area contributed by atoms with Crippen LogP contribution in [0.25, 0.3) is 0 Å². The molecule has 1 aliphatic rings. The SMILES string of the molecule is C1=CN=CC=NC=1. The van der Waals surface area contributed by atoms with Crippen molar-refractivity contribution >= 4 is 12.4 Å². The third kappa shape index (κ3) is 1.16. The van der Waals surface area contributed by atoms with Gasteiger partial charge in [-0.3, -0.25) is 9.98 Å². The summed E-state index contributed by atoms with van der Waals surface area (Å²) in [4.78, 5) is 7.46. The topological polar surface area (TPSA) is 24.7 Å². The van der Waals surface area contributed by atoms with Gasteiger partial charge in [-0.25, -0.2) is 0 Å². The van der Waals surface area contributed by atoms with Crippen LogP contribution in [-0.2, 0) is 0 Å². The first-order chi connectivity index (χ1) is 3.50. The minimum absolute atomic E-state index is 1.56. The van der Waals surface area contributed by atoms with E-state index in [0.29, 0.717) is 0 Å². The van der Waals surface area contributed by atoms with Gasteiger partial charge in [-0.2, -0.15) is 0 Å². The van der Waals surface area contributed by atoms with E-state index in [2.05, 4.69) is 15.7 Å². The molecule has 34 valence electrons. The van der Waals surface area contributed by atoms with Crippen LogP contribution in [0.5, 0.6) is 0 Å². The summed E-state index contributed by atoms with van der Waals surface area (Å²) in [6.45, 7) is 0. The van der Waals surface area contributed by atoms with E-state index >= 15 is 0 Å². The van der Waals surface area contributed by atoms with Crippen molar-refractivity contribution < 1.29 is 0 Å². The Balaban J connectivity index is 2.86. The van der Waals surface area contributed by atoms with Crippen molar-refractivity contribution in [1.29, 1.82) is 0 Å². The Morgan fingerprint density at radius 2 is 1.57 bits per heavy atom. The van der Waals surface area contributed by atoms with Crippen LogP contribution in [0.2, 0.25) is 0 Å². The summed E-state index contributed by atoms with van der Waals surface area (Å²) in [6.07, 6.45) is 6.34. The Bertz CT molecular complexity index is 143. The molecule has 0 unspecified atom stereocenters. The molecule has 0 aliphatic carbocycles. The molecule has 1 aliphatic heterocycles. The Hall–Kier alpha value is -1.14. The lowest BCUT2D eigenvalue weighted by Gasteiger charge is -1.61. The van der Waals surface area contributed by atoms with Crippen molar-refractivity contribution in [1.82, 2.24) is 0 Å². The third-order valence-electron chi connectivity index (χ3n) is 0.537. The monoisotopic (exact) mass is 92.0 g/mol. The number of hydrogen-bond acceptors (Lipinski definition) is 2. The first-order valence-corrected chi connectivity index (χ1v) is 1.94. The molecule has 0 spiro atoms. The average Bonchev–Trinajstić information content (AvgIpc) is 1.90. The number of aliphatic imine (C=N–C) groups is 2. The van der Waals surface area contributed by atoms with Crippen LogP contribution in [0.3, 0.4) is 0 Å². The van der Waals surface area contributed by atoms with Gasteiger partial charge in [-0.15, -0.1) is 0 Å². The van der Waals surface area contributed by atoms with Gasteiger partial charge >= 0.3 is 0 Å². The molecule has 0 saturated carbocycles. The molecule has 0 aromatic carbocycles. The molecule has 0 fully saturated rings. The summed E-state index contributed by atoms with van der Waals surface area (Å²) in [5, 5.41) is 0. The van der Waals surface area contributed by atoms with Crippen LogP contribution in [-0.4, -0.2) is 12.4 Å². The van der Waals surface area contributed by atoms with Gasteiger partial charge in [-0.1, -0.05) is 5.73 Å². The van der Waals surface area contributed by atoms with Crippen molar-refractivity contribution in [2.24, 2.45) is 9.98 Å². The molecule has 0 saturated heterocycles. The van der Waals surface area contributed by atoms with Gasteiger partial charge in [0.25, 0.3) is 0 Å². The Kier molecular flexibility index (Phi) is 1.21. The van der Waals surface area contributed by atoms with Gasteiger partial charge in [0.15, 0.2) is 0 Å². The van der Waals surface area contributed by atoms with Gasteiger partial charge < -0.3 is 0 Å². The van der Waals surface area contributed by atoms with E-state index in [-0.39, 0.29) is 0 Å². The van der Waals surface area contributed by atoms with Crippen molar-refractivity contribution in [3.8, 4) is 0 Å². The maximum Gasteiger partial charge on any atom is 0.0703 e. The molecule has 0 bridgehead atoms. The molecular weight excluding hydrogens is 88.1 g/mol. The first-order valence-electron chi connectivity index (χ1n) is 1.94. The van der Waals surface area contributed by atoms with E-state index in [1.807, 2.05) is 0 Å². The predicted octanol–water partition coefficient (Wildman–Crippen LogP) is 0.768. The molecule has 1 rings (SSSR count). The second-order valence-corrected chi connectivity index (χ2v) is 1.02. The quantitative estimate of drug-likeness (QED) is 0.394. The highest BCUT2D eigenvalue weighted by Crippen LogP contribution is 1.74. The lowest BCUT2D eigenvalue weighted by Crippen LogP contribution is -1.66. The van der Waals surface area contributed by atoms with Crippen LogP contribution in [0.1, 0.15) is 0 Å². The Morgan fingerprint density at radius 1 is 1.00 bits per heavy atom. The van der Waals surface area contributed by atoms with E-state index in [9.17, 15) is 0 Å². The summed E-state index contributed by atoms with van der Waals surface area (Å²) < 4.78 is 0. The molecule has 2 nitrogen and oxygen atoms in total. The standard InChI is InChI=1S/C5H4N2/c1-2-6-4-5-7-3-1/h2-5H. The minimum atomic E-state index is 1.56. The first kappa shape index (κ1) is 4.03. The van der Waals surface area contributed by atoms with Gasteiger partial charge in [-0.05, 0) is 0 Å². The largest absolute Gasteiger partial charge is 0.255 e. The van der Waals surface area contributed by atoms with Crippen molar-refractivity contribution in [3.05, 3.63) is 18.1 Å². The molecule has 0 radical (unpaired) electrons. The molecule has 0 atom stereocenters. The maximum absolute atomic E-state index is 3.73. The lowest BCUT2D eigenvalue weighted by molar-refractivity contribution is 1.60. The molecule has 0 aromatic heterocycles. The van der Waals surface area contributed by atoms with Crippen molar-refractivity contribution in [3.63, 3.8) is 0 Å². The molecule has 0 amide bonds. The lowest BCUT2D eigenvalue weighted by atomic mass is 10.8. The van der Waals surface area contributed by atoms with Crippen LogP contribution in [0, 0.1) is 0 Å². The zero-order chi connectivity index (χ0) is 4.95. The van der Waals surface area contributed by atoms with E-state index in [0.717, 1.165) is 0 Å². The average molecular weight is 92.1 g/mol. The Labute approximate surface area is 41.6 Å². The number of nitrogens with zero attached hydrogens (tertiary/aromatic N) is 2. The normalized spacial score (nSPS) is 14.9. The summed E-state index contributed by atoms with van der Waals surface area (Å²) >= 11 is 0. The van der Waals surface area contributed by atoms with E-state index in [4.69, 9.17) is 0 Å². The molecule has 0 N–H and O–H groups in total. The summed E-state index contributed by atoms with van der Waals surface area (Å²) in [6, 6.07) is 0. The van der Waals surface area contributed by atoms with E-state index in [1.54, 1.807) is 24.8 Å². The minimum Gasteiger partial charge on any atom is -0.255 e. The second-order valence-electron chi connectivity index (χ2n) is 1.02. The van der Waals surface area contributed by atoms with Gasteiger partial charge in [0, 0.05) is 12.4 Å². The smallest absolute Gasteiger partial charge is 0.0703 e. The number of hydrogen-bond donors (Lipinski definition) is 0. The molecular formula is C5H4N2. The molecule has 0 aromatic rings. The zero-order valence-corrected chi connectivity index (χ0v) is 3.70. The van der Waals surface area contributed by atoms with Crippen LogP contribution in [0.4, 0.5) is 0 Å². The highest BCUT2D eigenvalue weighted by Gasteiger charge is 1.63. The van der Waals surface area contributed by atoms with Gasteiger partial charge in [0.1, 0.15) is 0 Å². The fourth-order valence-corrected chi connectivity index (χ4v) is 0.282. The Morgan fingerprint density at radius 3 is 2.14 bits per heavy atom. The van der Waals surface area contributed by atoms with Crippen LogP contribution >= 0.6 is 0 Å². The fourth-order valence-electron chi connectivity index (χ4n) is 0.282. The molecule has 2 heteroatoms. The maximum atomic E-state index is 3.73. The highest BCUT2D eigenvalue weighted by molar-refractivity contribution is 6.16. The molecule has 7 heavy (non-hydrogen) atoms. The summed E-state index contributed by atoms with van der Waals surface area (Å²) in [5.41, 5.74) is 2.70. The summed E-state index contributed by atoms with van der Waals surface area (Å²) in [5.74, 6) is 0. The van der Waals surface area contributed by atoms with E-state index in [1.165, 1.54) is 0 Å².